The van der Waals surface area contributed by atoms with Crippen LogP contribution in [-0.2, 0) is 11.8 Å². The van der Waals surface area contributed by atoms with E-state index >= 15 is 0 Å². The number of carbonyl (C=O) groups excluding carboxylic acids is 1. The molecular formula is C19H13F11N2O. The average molecular weight is 494 g/mol. The van der Waals surface area contributed by atoms with E-state index in [-0.39, 0.29) is 11.8 Å². The summed E-state index contributed by atoms with van der Waals surface area (Å²) in [5.41, 5.74) is -13.9. The highest BCUT2D eigenvalue weighted by Crippen LogP contribution is 2.54. The monoisotopic (exact) mass is 494 g/mol. The van der Waals surface area contributed by atoms with E-state index in [1.165, 1.54) is 13.1 Å². The predicted molar refractivity (Wildman–Crippen MR) is 95.0 cm³/mol. The van der Waals surface area contributed by atoms with Crippen molar-refractivity contribution in [2.75, 3.05) is 17.7 Å². The van der Waals surface area contributed by atoms with E-state index in [1.54, 1.807) is 5.32 Å². The maximum absolute atomic E-state index is 14.3. The number of halogens is 11. The third-order valence-corrected chi connectivity index (χ3v) is 4.57. The standard InChI is InChI=1S/C19H13F11N2O/c1-8-6-9(16(21,18(25,26)27)19(28,29)30)7-11(17(22,23)24)14(8)32-15(33)10-4-3-5-12(31-2)13(10)20/h3-7,31H,1-2H3,(H,32,33). The van der Waals surface area contributed by atoms with Crippen LogP contribution in [0.25, 0.3) is 0 Å². The summed E-state index contributed by atoms with van der Waals surface area (Å²) in [6.07, 6.45) is -18.9. The lowest BCUT2D eigenvalue weighted by atomic mass is 9.90. The molecule has 2 aromatic carbocycles. The highest BCUT2D eigenvalue weighted by molar-refractivity contribution is 6.06. The van der Waals surface area contributed by atoms with Gasteiger partial charge >= 0.3 is 24.2 Å². The van der Waals surface area contributed by atoms with Crippen LogP contribution in [0.5, 0.6) is 0 Å². The maximum Gasteiger partial charge on any atom is 0.435 e. The van der Waals surface area contributed by atoms with E-state index in [1.807, 2.05) is 0 Å². The normalized spacial score (nSPS) is 13.1. The zero-order valence-electron chi connectivity index (χ0n) is 16.5. The lowest BCUT2D eigenvalue weighted by molar-refractivity contribution is -0.348. The van der Waals surface area contributed by atoms with Gasteiger partial charge in [0.25, 0.3) is 5.91 Å². The van der Waals surface area contributed by atoms with Crippen molar-refractivity contribution >= 4 is 17.3 Å². The molecule has 0 heterocycles. The minimum absolute atomic E-state index is 0.119. The molecule has 0 atom stereocenters. The SMILES string of the molecule is CNc1cccc(C(=O)Nc2c(C)cc(C(F)(C(F)(F)F)C(F)(F)F)cc2C(F)(F)F)c1F. The van der Waals surface area contributed by atoms with E-state index in [4.69, 9.17) is 0 Å². The fraction of sp³-hybridized carbons (Fsp3) is 0.316. The van der Waals surface area contributed by atoms with Gasteiger partial charge in [0.15, 0.2) is 5.82 Å². The fourth-order valence-electron chi connectivity index (χ4n) is 2.94. The summed E-state index contributed by atoms with van der Waals surface area (Å²) >= 11 is 0. The van der Waals surface area contributed by atoms with Crippen molar-refractivity contribution in [2.45, 2.75) is 31.1 Å². The van der Waals surface area contributed by atoms with Gasteiger partial charge < -0.3 is 10.6 Å². The lowest BCUT2D eigenvalue weighted by Gasteiger charge is -2.31. The third-order valence-electron chi connectivity index (χ3n) is 4.57. The van der Waals surface area contributed by atoms with E-state index in [0.717, 1.165) is 12.1 Å². The number of hydrogen-bond donors (Lipinski definition) is 2. The summed E-state index contributed by atoms with van der Waals surface area (Å²) in [7, 11) is 1.27. The molecule has 1 amide bonds. The van der Waals surface area contributed by atoms with Gasteiger partial charge in [0.1, 0.15) is 0 Å². The molecule has 182 valence electrons. The van der Waals surface area contributed by atoms with Crippen molar-refractivity contribution in [1.82, 2.24) is 0 Å². The Morgan fingerprint density at radius 3 is 1.88 bits per heavy atom. The molecule has 0 fully saturated rings. The Labute approximate surface area is 178 Å². The Bertz CT molecular complexity index is 1040. The Kier molecular flexibility index (Phi) is 6.65. The summed E-state index contributed by atoms with van der Waals surface area (Å²) in [6, 6.07) is 2.41. The summed E-state index contributed by atoms with van der Waals surface area (Å²) in [5.74, 6) is -2.67. The number of hydrogen-bond acceptors (Lipinski definition) is 2. The second-order valence-electron chi connectivity index (χ2n) is 6.74. The van der Waals surface area contributed by atoms with Gasteiger partial charge in [-0.15, -0.1) is 0 Å². The zero-order valence-corrected chi connectivity index (χ0v) is 16.5. The van der Waals surface area contributed by atoms with E-state index < -0.39 is 69.9 Å². The highest BCUT2D eigenvalue weighted by Gasteiger charge is 2.73. The van der Waals surface area contributed by atoms with Crippen LogP contribution in [-0.4, -0.2) is 25.3 Å². The minimum atomic E-state index is -6.65. The van der Waals surface area contributed by atoms with Crippen molar-refractivity contribution in [3.63, 3.8) is 0 Å². The second kappa shape index (κ2) is 8.37. The predicted octanol–water partition coefficient (Wildman–Crippen LogP) is 6.74. The molecule has 0 aliphatic rings. The Hall–Kier alpha value is -3.06. The molecule has 14 heteroatoms. The molecule has 2 N–H and O–H groups in total. The number of carbonyl (C=O) groups is 1. The van der Waals surface area contributed by atoms with Crippen LogP contribution in [0, 0.1) is 12.7 Å². The van der Waals surface area contributed by atoms with Crippen LogP contribution in [0.3, 0.4) is 0 Å². The summed E-state index contributed by atoms with van der Waals surface area (Å²) in [6.45, 7) is 0.627. The van der Waals surface area contributed by atoms with E-state index in [2.05, 4.69) is 5.32 Å². The van der Waals surface area contributed by atoms with Crippen molar-refractivity contribution in [3.05, 3.63) is 58.4 Å². The smallest absolute Gasteiger partial charge is 0.386 e. The maximum atomic E-state index is 14.3. The third kappa shape index (κ3) is 4.69. The van der Waals surface area contributed by atoms with Crippen molar-refractivity contribution in [1.29, 1.82) is 0 Å². The molecule has 0 aliphatic carbocycles. The minimum Gasteiger partial charge on any atom is -0.386 e. The second-order valence-corrected chi connectivity index (χ2v) is 6.74. The molecule has 0 saturated carbocycles. The molecule has 0 bridgehead atoms. The molecule has 2 aromatic rings. The molecule has 0 aliphatic heterocycles. The van der Waals surface area contributed by atoms with Gasteiger partial charge in [0, 0.05) is 12.6 Å². The van der Waals surface area contributed by atoms with Crippen LogP contribution in [0.15, 0.2) is 30.3 Å². The largest absolute Gasteiger partial charge is 0.435 e. The van der Waals surface area contributed by atoms with Crippen LogP contribution < -0.4 is 10.6 Å². The molecule has 3 nitrogen and oxygen atoms in total. The summed E-state index contributed by atoms with van der Waals surface area (Å²) in [5, 5.41) is 4.00. The van der Waals surface area contributed by atoms with Gasteiger partial charge in [0.05, 0.1) is 22.5 Å². The Morgan fingerprint density at radius 1 is 0.879 bits per heavy atom. The number of aryl methyl sites for hydroxylation is 1. The highest BCUT2D eigenvalue weighted by atomic mass is 19.4. The van der Waals surface area contributed by atoms with Crippen molar-refractivity contribution < 1.29 is 53.1 Å². The Balaban J connectivity index is 2.71. The fourth-order valence-corrected chi connectivity index (χ4v) is 2.94. The van der Waals surface area contributed by atoms with Gasteiger partial charge in [-0.3, -0.25) is 4.79 Å². The lowest BCUT2D eigenvalue weighted by Crippen LogP contribution is -2.50. The van der Waals surface area contributed by atoms with Gasteiger partial charge in [0.2, 0.25) is 0 Å². The number of anilines is 2. The van der Waals surface area contributed by atoms with Crippen LogP contribution in [0.1, 0.15) is 27.0 Å². The van der Waals surface area contributed by atoms with E-state index in [0.29, 0.717) is 6.92 Å². The molecule has 0 unspecified atom stereocenters. The number of nitrogens with one attached hydrogen (secondary N) is 2. The summed E-state index contributed by atoms with van der Waals surface area (Å²) < 4.78 is 147. The van der Waals surface area contributed by atoms with Gasteiger partial charge in [-0.05, 0) is 30.7 Å². The molecule has 2 rings (SSSR count). The number of benzene rings is 2. The first-order valence-electron chi connectivity index (χ1n) is 8.68. The van der Waals surface area contributed by atoms with Crippen LogP contribution >= 0.6 is 0 Å². The molecule has 0 spiro atoms. The van der Waals surface area contributed by atoms with Gasteiger partial charge in [-0.25, -0.2) is 8.78 Å². The van der Waals surface area contributed by atoms with Gasteiger partial charge in [-0.1, -0.05) is 12.1 Å². The quantitative estimate of drug-likeness (QED) is 0.463. The number of rotatable bonds is 4. The van der Waals surface area contributed by atoms with E-state index in [9.17, 15) is 53.1 Å². The van der Waals surface area contributed by atoms with Gasteiger partial charge in [-0.2, -0.15) is 39.5 Å². The molecule has 0 aromatic heterocycles. The van der Waals surface area contributed by atoms with Crippen molar-refractivity contribution in [3.8, 4) is 0 Å². The topological polar surface area (TPSA) is 41.1 Å². The molecule has 0 radical (unpaired) electrons. The first-order chi connectivity index (χ1) is 14.9. The summed E-state index contributed by atoms with van der Waals surface area (Å²) in [4.78, 5) is 12.4. The zero-order chi connectivity index (χ0) is 25.6. The van der Waals surface area contributed by atoms with Crippen molar-refractivity contribution in [2.24, 2.45) is 0 Å². The molecular weight excluding hydrogens is 481 g/mol. The van der Waals surface area contributed by atoms with Crippen LogP contribution in [0.2, 0.25) is 0 Å². The molecule has 0 saturated heterocycles. The van der Waals surface area contributed by atoms with Crippen LogP contribution in [0.4, 0.5) is 59.7 Å². The average Bonchev–Trinajstić information content (AvgIpc) is 2.66. The first-order valence-corrected chi connectivity index (χ1v) is 8.68. The molecule has 33 heavy (non-hydrogen) atoms. The first kappa shape index (κ1) is 26.2. The number of amides is 1. The Morgan fingerprint density at radius 2 is 1.42 bits per heavy atom. The number of alkyl halides is 10.